The van der Waals surface area contributed by atoms with E-state index in [0.717, 1.165) is 59.4 Å². The van der Waals surface area contributed by atoms with Crippen molar-refractivity contribution in [1.29, 1.82) is 0 Å². The van der Waals surface area contributed by atoms with Gasteiger partial charge in [-0.25, -0.2) is 15.0 Å². The minimum atomic E-state index is 0.735. The molecular formula is C25H36N6. The van der Waals surface area contributed by atoms with Crippen LogP contribution in [0.4, 0.5) is 5.95 Å². The zero-order valence-corrected chi connectivity index (χ0v) is 19.5. The molecule has 3 aromatic rings. The van der Waals surface area contributed by atoms with E-state index in [1.807, 2.05) is 6.20 Å². The minimum Gasteiger partial charge on any atom is -0.354 e. The van der Waals surface area contributed by atoms with E-state index in [1.165, 1.54) is 49.9 Å². The van der Waals surface area contributed by atoms with E-state index in [1.54, 1.807) is 0 Å². The first-order valence-electron chi connectivity index (χ1n) is 11.8. The smallest absolute Gasteiger partial charge is 0.222 e. The van der Waals surface area contributed by atoms with Gasteiger partial charge in [-0.2, -0.15) is 0 Å². The van der Waals surface area contributed by atoms with Gasteiger partial charge in [-0.3, -0.25) is 0 Å². The molecule has 0 unspecified atom stereocenters. The van der Waals surface area contributed by atoms with Gasteiger partial charge in [0, 0.05) is 12.7 Å². The summed E-state index contributed by atoms with van der Waals surface area (Å²) in [4.78, 5) is 20.3. The number of hydrogen-bond donors (Lipinski definition) is 2. The number of aryl methyl sites for hydroxylation is 3. The molecule has 31 heavy (non-hydrogen) atoms. The minimum absolute atomic E-state index is 0.735. The fourth-order valence-electron chi connectivity index (χ4n) is 4.51. The van der Waals surface area contributed by atoms with Crippen molar-refractivity contribution in [2.24, 2.45) is 5.92 Å². The Bertz CT molecular complexity index is 1020. The number of benzene rings is 1. The summed E-state index contributed by atoms with van der Waals surface area (Å²) < 4.78 is 0. The summed E-state index contributed by atoms with van der Waals surface area (Å²) >= 11 is 0. The molecule has 0 spiro atoms. The van der Waals surface area contributed by atoms with Gasteiger partial charge in [0.1, 0.15) is 5.82 Å². The summed E-state index contributed by atoms with van der Waals surface area (Å²) in [5.41, 5.74) is 6.65. The fourth-order valence-corrected chi connectivity index (χ4v) is 4.51. The number of nitrogens with zero attached hydrogens (tertiary/aromatic N) is 4. The second-order valence-electron chi connectivity index (χ2n) is 9.11. The standard InChI is InChI=1S/C25H36N6/c1-5-7-21-20(24-28-22-10-9-17(2)18(3)23(22)30-24)16-27-25(29-21)26-13-6-8-19-11-14-31(4)15-12-19/h9-10,16,19H,5-8,11-15H2,1-4H3,(H,28,30)(H,26,27,29). The Morgan fingerprint density at radius 3 is 2.74 bits per heavy atom. The van der Waals surface area contributed by atoms with Crippen molar-refractivity contribution >= 4 is 17.0 Å². The molecule has 0 saturated carbocycles. The van der Waals surface area contributed by atoms with E-state index in [4.69, 9.17) is 9.97 Å². The van der Waals surface area contributed by atoms with E-state index >= 15 is 0 Å². The Morgan fingerprint density at radius 1 is 1.16 bits per heavy atom. The summed E-state index contributed by atoms with van der Waals surface area (Å²) in [6.45, 7) is 9.85. The van der Waals surface area contributed by atoms with Crippen LogP contribution in [0.3, 0.4) is 0 Å². The van der Waals surface area contributed by atoms with Crippen molar-refractivity contribution in [2.45, 2.75) is 59.3 Å². The first kappa shape index (κ1) is 21.8. The van der Waals surface area contributed by atoms with Gasteiger partial charge in [0.15, 0.2) is 0 Å². The van der Waals surface area contributed by atoms with Crippen LogP contribution in [0.25, 0.3) is 22.4 Å². The van der Waals surface area contributed by atoms with E-state index in [-0.39, 0.29) is 0 Å². The summed E-state index contributed by atoms with van der Waals surface area (Å²) in [7, 11) is 2.22. The highest BCUT2D eigenvalue weighted by molar-refractivity contribution is 5.83. The lowest BCUT2D eigenvalue weighted by Crippen LogP contribution is -2.30. The van der Waals surface area contributed by atoms with Crippen LogP contribution in [0.1, 0.15) is 55.8 Å². The van der Waals surface area contributed by atoms with Gasteiger partial charge in [-0.15, -0.1) is 0 Å². The molecule has 2 N–H and O–H groups in total. The second kappa shape index (κ2) is 9.77. The molecule has 0 atom stereocenters. The topological polar surface area (TPSA) is 69.7 Å². The Hall–Kier alpha value is -2.47. The molecule has 0 aliphatic carbocycles. The summed E-state index contributed by atoms with van der Waals surface area (Å²) in [5.74, 6) is 2.47. The largest absolute Gasteiger partial charge is 0.354 e. The number of anilines is 1. The molecule has 4 rings (SSSR count). The Morgan fingerprint density at radius 2 is 1.97 bits per heavy atom. The van der Waals surface area contributed by atoms with Gasteiger partial charge in [-0.05, 0) is 89.2 Å². The second-order valence-corrected chi connectivity index (χ2v) is 9.11. The van der Waals surface area contributed by atoms with Crippen LogP contribution in [0.2, 0.25) is 0 Å². The number of rotatable bonds is 8. The monoisotopic (exact) mass is 420 g/mol. The van der Waals surface area contributed by atoms with Crippen LogP contribution in [0.5, 0.6) is 0 Å². The molecule has 2 aromatic heterocycles. The molecule has 0 radical (unpaired) electrons. The highest BCUT2D eigenvalue weighted by Crippen LogP contribution is 2.27. The first-order chi connectivity index (χ1) is 15.0. The molecule has 0 bridgehead atoms. The molecule has 1 aliphatic rings. The maximum absolute atomic E-state index is 4.89. The number of hydrogen-bond acceptors (Lipinski definition) is 5. The lowest BCUT2D eigenvalue weighted by atomic mass is 9.92. The third kappa shape index (κ3) is 5.06. The molecule has 1 fully saturated rings. The molecule has 3 heterocycles. The van der Waals surface area contributed by atoms with Gasteiger partial charge in [0.2, 0.25) is 5.95 Å². The number of nitrogens with one attached hydrogen (secondary N) is 2. The van der Waals surface area contributed by atoms with Crippen molar-refractivity contribution in [3.05, 3.63) is 35.2 Å². The molecule has 6 nitrogen and oxygen atoms in total. The zero-order chi connectivity index (χ0) is 21.8. The zero-order valence-electron chi connectivity index (χ0n) is 19.5. The van der Waals surface area contributed by atoms with Crippen LogP contribution in [0.15, 0.2) is 18.3 Å². The number of imidazole rings is 1. The summed E-state index contributed by atoms with van der Waals surface area (Å²) in [5, 5.41) is 3.45. The highest BCUT2D eigenvalue weighted by atomic mass is 15.1. The van der Waals surface area contributed by atoms with Gasteiger partial charge >= 0.3 is 0 Å². The molecule has 166 valence electrons. The molecule has 1 aliphatic heterocycles. The third-order valence-electron chi connectivity index (χ3n) is 6.70. The van der Waals surface area contributed by atoms with Crippen molar-refractivity contribution in [2.75, 3.05) is 32.0 Å². The predicted octanol–water partition coefficient (Wildman–Crippen LogP) is 5.12. The highest BCUT2D eigenvalue weighted by Gasteiger charge is 2.17. The quantitative estimate of drug-likeness (QED) is 0.495. The van der Waals surface area contributed by atoms with Gasteiger partial charge in [0.25, 0.3) is 0 Å². The maximum Gasteiger partial charge on any atom is 0.222 e. The van der Waals surface area contributed by atoms with E-state index in [0.29, 0.717) is 0 Å². The molecule has 1 saturated heterocycles. The van der Waals surface area contributed by atoms with Crippen molar-refractivity contribution in [3.8, 4) is 11.4 Å². The Balaban J connectivity index is 1.44. The normalized spacial score (nSPS) is 15.6. The van der Waals surface area contributed by atoms with Gasteiger partial charge in [-0.1, -0.05) is 19.4 Å². The predicted molar refractivity (Wildman–Crippen MR) is 129 cm³/mol. The van der Waals surface area contributed by atoms with Crippen molar-refractivity contribution < 1.29 is 0 Å². The number of H-pyrrole nitrogens is 1. The average molecular weight is 421 g/mol. The van der Waals surface area contributed by atoms with Crippen LogP contribution in [-0.2, 0) is 6.42 Å². The van der Waals surface area contributed by atoms with E-state index < -0.39 is 0 Å². The first-order valence-corrected chi connectivity index (χ1v) is 11.8. The van der Waals surface area contributed by atoms with Gasteiger partial charge in [0.05, 0.1) is 22.3 Å². The van der Waals surface area contributed by atoms with E-state index in [9.17, 15) is 0 Å². The van der Waals surface area contributed by atoms with Crippen LogP contribution in [-0.4, -0.2) is 51.5 Å². The Labute approximate surface area is 185 Å². The van der Waals surface area contributed by atoms with Crippen molar-refractivity contribution in [1.82, 2.24) is 24.8 Å². The number of likely N-dealkylation sites (tertiary alicyclic amines) is 1. The van der Waals surface area contributed by atoms with Crippen LogP contribution >= 0.6 is 0 Å². The molecular weight excluding hydrogens is 384 g/mol. The maximum atomic E-state index is 4.89. The molecule has 6 heteroatoms. The number of fused-ring (bicyclic) bond motifs is 1. The van der Waals surface area contributed by atoms with E-state index in [2.05, 4.69) is 60.1 Å². The lowest BCUT2D eigenvalue weighted by molar-refractivity contribution is 0.211. The van der Waals surface area contributed by atoms with Gasteiger partial charge < -0.3 is 15.2 Å². The SMILES string of the molecule is CCCc1nc(NCCCC2CCN(C)CC2)ncc1-c1nc2c(C)c(C)ccc2[nH]1. The van der Waals surface area contributed by atoms with Crippen LogP contribution < -0.4 is 5.32 Å². The summed E-state index contributed by atoms with van der Waals surface area (Å²) in [6.07, 6.45) is 9.01. The Kier molecular flexibility index (Phi) is 6.86. The van der Waals surface area contributed by atoms with Crippen LogP contribution in [0, 0.1) is 19.8 Å². The average Bonchev–Trinajstić information content (AvgIpc) is 3.20. The lowest BCUT2D eigenvalue weighted by Gasteiger charge is -2.28. The number of aromatic nitrogens is 4. The molecule has 1 aromatic carbocycles. The summed E-state index contributed by atoms with van der Waals surface area (Å²) in [6, 6.07) is 4.25. The fraction of sp³-hybridized carbons (Fsp3) is 0.560. The third-order valence-corrected chi connectivity index (χ3v) is 6.70. The number of piperidine rings is 1. The van der Waals surface area contributed by atoms with Crippen molar-refractivity contribution in [3.63, 3.8) is 0 Å². The number of aromatic amines is 1. The molecule has 0 amide bonds.